The molecule has 1 aromatic heterocycles. The second-order valence-corrected chi connectivity index (χ2v) is 10.0. The largest absolute Gasteiger partial charge is 0.490 e. The van der Waals surface area contributed by atoms with Crippen molar-refractivity contribution >= 4 is 11.9 Å². The fourth-order valence-electron chi connectivity index (χ4n) is 4.13. The second-order valence-electron chi connectivity index (χ2n) is 10.0. The zero-order valence-electron chi connectivity index (χ0n) is 24.3. The Kier molecular flexibility index (Phi) is 12.9. The molecule has 0 spiro atoms. The first-order valence-electron chi connectivity index (χ1n) is 14.5. The van der Waals surface area contributed by atoms with Gasteiger partial charge in [-0.05, 0) is 43.5 Å². The topological polar surface area (TPSA) is 87.6 Å². The molecule has 232 valence electrons. The Hall–Kier alpha value is -4.02. The number of carbonyl (C=O) groups excluding carboxylic acids is 2. The molecule has 0 saturated heterocycles. The minimum atomic E-state index is -4.77. The number of unbranched alkanes of at least 4 members (excludes halogenated alkanes) is 6. The van der Waals surface area contributed by atoms with Gasteiger partial charge in [-0.1, -0.05) is 64.5 Å². The normalized spacial score (nSPS) is 12.0. The fourth-order valence-corrected chi connectivity index (χ4v) is 4.13. The highest BCUT2D eigenvalue weighted by Crippen LogP contribution is 2.29. The van der Waals surface area contributed by atoms with E-state index >= 15 is 0 Å². The molecule has 0 amide bonds. The van der Waals surface area contributed by atoms with Crippen molar-refractivity contribution in [2.24, 2.45) is 0 Å². The van der Waals surface area contributed by atoms with Crippen LogP contribution in [0.5, 0.6) is 11.5 Å². The van der Waals surface area contributed by atoms with Crippen LogP contribution in [0.25, 0.3) is 11.4 Å². The van der Waals surface area contributed by atoms with Crippen molar-refractivity contribution in [2.45, 2.75) is 83.9 Å². The van der Waals surface area contributed by atoms with Gasteiger partial charge in [0.25, 0.3) is 0 Å². The molecule has 0 radical (unpaired) electrons. The smallest absolute Gasteiger partial charge is 0.425 e. The first-order valence-corrected chi connectivity index (χ1v) is 14.5. The molecular formula is C32H36F4N2O5. The Labute approximate surface area is 248 Å². The number of esters is 2. The summed E-state index contributed by atoms with van der Waals surface area (Å²) in [6.07, 6.45) is 3.28. The number of hydrogen-bond donors (Lipinski definition) is 0. The van der Waals surface area contributed by atoms with Gasteiger partial charge in [0.15, 0.2) is 17.7 Å². The summed E-state index contributed by atoms with van der Waals surface area (Å²) in [5.41, 5.74) is 0.0910. The average Bonchev–Trinajstić information content (AvgIpc) is 2.98. The van der Waals surface area contributed by atoms with Gasteiger partial charge >= 0.3 is 18.1 Å². The molecule has 3 rings (SSSR count). The van der Waals surface area contributed by atoms with Crippen LogP contribution in [0, 0.1) is 5.82 Å². The summed E-state index contributed by atoms with van der Waals surface area (Å²) in [5, 5.41) is 0. The molecule has 0 aliphatic rings. The van der Waals surface area contributed by atoms with Crippen LogP contribution in [0.4, 0.5) is 17.6 Å². The molecule has 0 N–H and O–H groups in total. The van der Waals surface area contributed by atoms with Crippen molar-refractivity contribution < 1.29 is 41.4 Å². The van der Waals surface area contributed by atoms with Gasteiger partial charge in [-0.15, -0.1) is 0 Å². The molecule has 11 heteroatoms. The van der Waals surface area contributed by atoms with Crippen molar-refractivity contribution in [1.29, 1.82) is 0 Å². The molecule has 7 nitrogen and oxygen atoms in total. The average molecular weight is 605 g/mol. The van der Waals surface area contributed by atoms with Crippen LogP contribution in [0.15, 0.2) is 54.9 Å². The number of carbonyl (C=O) groups is 2. The standard InChI is InChI=1S/C32H36F4N2O5/c1-3-5-7-8-9-10-18-41-25-20-37-29(38-21-25)22-12-14-23(15-13-22)30(39)42-24-16-17-26(27(33)19-24)31(40)43-28(11-6-4-2)32(34,35)36/h12-17,19-21,28H,3-11,18H2,1-2H3. The number of nitrogens with zero attached hydrogens (tertiary/aromatic N) is 2. The maximum absolute atomic E-state index is 14.6. The van der Waals surface area contributed by atoms with Crippen LogP contribution in [0.3, 0.4) is 0 Å². The molecule has 0 saturated carbocycles. The van der Waals surface area contributed by atoms with E-state index in [1.807, 2.05) is 0 Å². The quantitative estimate of drug-likeness (QED) is 0.0701. The Morgan fingerprint density at radius 3 is 2.09 bits per heavy atom. The van der Waals surface area contributed by atoms with Gasteiger partial charge in [0, 0.05) is 11.6 Å². The zero-order chi connectivity index (χ0) is 31.2. The lowest BCUT2D eigenvalue weighted by molar-refractivity contribution is -0.206. The highest BCUT2D eigenvalue weighted by atomic mass is 19.4. The van der Waals surface area contributed by atoms with Crippen LogP contribution in [0.2, 0.25) is 0 Å². The summed E-state index contributed by atoms with van der Waals surface area (Å²) in [4.78, 5) is 33.4. The minimum Gasteiger partial charge on any atom is -0.490 e. The van der Waals surface area contributed by atoms with Gasteiger partial charge in [-0.2, -0.15) is 13.2 Å². The summed E-state index contributed by atoms with van der Waals surface area (Å²) >= 11 is 0. The summed E-state index contributed by atoms with van der Waals surface area (Å²) in [7, 11) is 0. The van der Waals surface area contributed by atoms with Crippen LogP contribution < -0.4 is 9.47 Å². The van der Waals surface area contributed by atoms with Crippen LogP contribution >= 0.6 is 0 Å². The van der Waals surface area contributed by atoms with Gasteiger partial charge in [0.05, 0.1) is 30.1 Å². The molecule has 1 unspecified atom stereocenters. The fraction of sp³-hybridized carbons (Fsp3) is 0.438. The summed E-state index contributed by atoms with van der Waals surface area (Å²) < 4.78 is 69.5. The third-order valence-corrected chi connectivity index (χ3v) is 6.58. The molecular weight excluding hydrogens is 568 g/mol. The van der Waals surface area contributed by atoms with Crippen molar-refractivity contribution in [3.63, 3.8) is 0 Å². The van der Waals surface area contributed by atoms with E-state index < -0.39 is 42.0 Å². The number of alkyl halides is 3. The molecule has 3 aromatic rings. The highest BCUT2D eigenvalue weighted by Gasteiger charge is 2.42. The maximum Gasteiger partial charge on any atom is 0.425 e. The van der Waals surface area contributed by atoms with Crippen molar-refractivity contribution in [1.82, 2.24) is 9.97 Å². The van der Waals surface area contributed by atoms with E-state index in [9.17, 15) is 27.2 Å². The number of hydrogen-bond acceptors (Lipinski definition) is 7. The first kappa shape index (κ1) is 33.5. The number of halogens is 4. The van der Waals surface area contributed by atoms with Crippen LogP contribution in [-0.4, -0.2) is 40.8 Å². The second kappa shape index (κ2) is 16.6. The molecule has 0 bridgehead atoms. The molecule has 0 aliphatic carbocycles. The molecule has 2 aromatic carbocycles. The van der Waals surface area contributed by atoms with E-state index in [-0.39, 0.29) is 17.7 Å². The van der Waals surface area contributed by atoms with Gasteiger partial charge in [-0.25, -0.2) is 23.9 Å². The summed E-state index contributed by atoms with van der Waals surface area (Å²) in [6.45, 7) is 4.48. The molecule has 0 aliphatic heterocycles. The third kappa shape index (κ3) is 10.6. The first-order chi connectivity index (χ1) is 20.6. The molecule has 43 heavy (non-hydrogen) atoms. The Morgan fingerprint density at radius 1 is 0.814 bits per heavy atom. The maximum atomic E-state index is 14.6. The van der Waals surface area contributed by atoms with E-state index in [1.165, 1.54) is 37.8 Å². The Bertz CT molecular complexity index is 1310. The number of ether oxygens (including phenoxy) is 3. The van der Waals surface area contributed by atoms with E-state index in [1.54, 1.807) is 31.5 Å². The lowest BCUT2D eigenvalue weighted by Crippen LogP contribution is -2.34. The van der Waals surface area contributed by atoms with Crippen molar-refractivity contribution in [3.05, 3.63) is 71.8 Å². The van der Waals surface area contributed by atoms with E-state index in [2.05, 4.69) is 21.6 Å². The van der Waals surface area contributed by atoms with Crippen LogP contribution in [0.1, 0.15) is 92.4 Å². The SMILES string of the molecule is CCCCCCCCOc1cnc(-c2ccc(C(=O)Oc3ccc(C(=O)OC(CCCC)C(F)(F)F)c(F)c3)cc2)nc1. The summed E-state index contributed by atoms with van der Waals surface area (Å²) in [6, 6.07) is 8.97. The van der Waals surface area contributed by atoms with Gasteiger partial charge in [0.2, 0.25) is 0 Å². The molecule has 1 atom stereocenters. The van der Waals surface area contributed by atoms with Crippen LogP contribution in [-0.2, 0) is 4.74 Å². The monoisotopic (exact) mass is 604 g/mol. The number of aromatic nitrogens is 2. The van der Waals surface area contributed by atoms with Crippen molar-refractivity contribution in [2.75, 3.05) is 6.61 Å². The van der Waals surface area contributed by atoms with Crippen molar-refractivity contribution in [3.8, 4) is 22.9 Å². The predicted molar refractivity (Wildman–Crippen MR) is 152 cm³/mol. The van der Waals surface area contributed by atoms with Gasteiger partial charge < -0.3 is 14.2 Å². The van der Waals surface area contributed by atoms with E-state index in [0.717, 1.165) is 31.0 Å². The Morgan fingerprint density at radius 2 is 1.47 bits per heavy atom. The van der Waals surface area contributed by atoms with E-state index in [0.29, 0.717) is 30.2 Å². The van der Waals surface area contributed by atoms with E-state index in [4.69, 9.17) is 9.47 Å². The minimum absolute atomic E-state index is 0.149. The lowest BCUT2D eigenvalue weighted by atomic mass is 10.1. The summed E-state index contributed by atoms with van der Waals surface area (Å²) in [5.74, 6) is -2.68. The third-order valence-electron chi connectivity index (χ3n) is 6.58. The molecule has 1 heterocycles. The van der Waals surface area contributed by atoms with Gasteiger partial charge in [0.1, 0.15) is 11.6 Å². The number of benzene rings is 2. The zero-order valence-corrected chi connectivity index (χ0v) is 24.3. The lowest BCUT2D eigenvalue weighted by Gasteiger charge is -2.20. The molecule has 0 fully saturated rings. The Balaban J connectivity index is 1.54. The number of rotatable bonds is 16. The van der Waals surface area contributed by atoms with Gasteiger partial charge in [-0.3, -0.25) is 0 Å². The highest BCUT2D eigenvalue weighted by molar-refractivity contribution is 5.92. The predicted octanol–water partition coefficient (Wildman–Crippen LogP) is 8.52.